The van der Waals surface area contributed by atoms with Crippen molar-refractivity contribution in [1.82, 2.24) is 16.0 Å². The second-order valence-electron chi connectivity index (χ2n) is 4.60. The Hall–Kier alpha value is -1.59. The first-order valence-electron chi connectivity index (χ1n) is 6.06. The molecule has 0 aromatic heterocycles. The van der Waals surface area contributed by atoms with Crippen LogP contribution in [-0.4, -0.2) is 29.9 Å². The standard InChI is InChI=1S/C11H17N3O3/c15-9-6-5-8(10(16)14-9)13-11(17)12-7-3-1-2-4-7/h7-8H,1-6H2,(H2,12,13,17)(H,14,15,16). The highest BCUT2D eigenvalue weighted by Crippen LogP contribution is 2.17. The van der Waals surface area contributed by atoms with Crippen molar-refractivity contribution < 1.29 is 14.4 Å². The second kappa shape index (κ2) is 5.16. The molecule has 1 atom stereocenters. The van der Waals surface area contributed by atoms with Gasteiger partial charge in [-0.1, -0.05) is 12.8 Å². The molecule has 17 heavy (non-hydrogen) atoms. The van der Waals surface area contributed by atoms with Gasteiger partial charge in [0.1, 0.15) is 6.04 Å². The van der Waals surface area contributed by atoms with E-state index in [-0.39, 0.29) is 24.4 Å². The van der Waals surface area contributed by atoms with Crippen LogP contribution in [0.3, 0.4) is 0 Å². The van der Waals surface area contributed by atoms with Crippen molar-refractivity contribution in [2.45, 2.75) is 50.6 Å². The van der Waals surface area contributed by atoms with Gasteiger partial charge in [-0.25, -0.2) is 4.79 Å². The van der Waals surface area contributed by atoms with Crippen LogP contribution in [0.25, 0.3) is 0 Å². The minimum atomic E-state index is -0.589. The summed E-state index contributed by atoms with van der Waals surface area (Å²) in [5.41, 5.74) is 0. The Morgan fingerprint density at radius 3 is 2.47 bits per heavy atom. The maximum atomic E-state index is 11.6. The monoisotopic (exact) mass is 239 g/mol. The number of carbonyl (C=O) groups excluding carboxylic acids is 3. The van der Waals surface area contributed by atoms with Crippen LogP contribution in [0, 0.1) is 0 Å². The minimum Gasteiger partial charge on any atom is -0.335 e. The van der Waals surface area contributed by atoms with Gasteiger partial charge in [-0.15, -0.1) is 0 Å². The smallest absolute Gasteiger partial charge is 0.315 e. The number of urea groups is 1. The molecule has 1 aliphatic heterocycles. The first kappa shape index (κ1) is 11.9. The molecular weight excluding hydrogens is 222 g/mol. The summed E-state index contributed by atoms with van der Waals surface area (Å²) in [7, 11) is 0. The number of piperidine rings is 1. The molecule has 2 rings (SSSR count). The van der Waals surface area contributed by atoms with Gasteiger partial charge in [0.25, 0.3) is 0 Å². The van der Waals surface area contributed by atoms with Crippen molar-refractivity contribution in [3.63, 3.8) is 0 Å². The molecule has 0 bridgehead atoms. The number of hydrogen-bond acceptors (Lipinski definition) is 3. The third-order valence-electron chi connectivity index (χ3n) is 3.23. The zero-order valence-electron chi connectivity index (χ0n) is 9.62. The molecule has 1 heterocycles. The zero-order valence-corrected chi connectivity index (χ0v) is 9.62. The molecule has 1 aliphatic carbocycles. The van der Waals surface area contributed by atoms with Crippen molar-refractivity contribution in [2.24, 2.45) is 0 Å². The molecule has 4 amide bonds. The summed E-state index contributed by atoms with van der Waals surface area (Å²) in [5.74, 6) is -0.688. The van der Waals surface area contributed by atoms with Gasteiger partial charge in [-0.2, -0.15) is 0 Å². The molecular formula is C11H17N3O3. The van der Waals surface area contributed by atoms with E-state index >= 15 is 0 Å². The van der Waals surface area contributed by atoms with E-state index in [0.29, 0.717) is 6.42 Å². The van der Waals surface area contributed by atoms with E-state index in [1.54, 1.807) is 0 Å². The third-order valence-corrected chi connectivity index (χ3v) is 3.23. The van der Waals surface area contributed by atoms with Crippen molar-refractivity contribution in [3.8, 4) is 0 Å². The minimum absolute atomic E-state index is 0.225. The summed E-state index contributed by atoms with van der Waals surface area (Å²) < 4.78 is 0. The largest absolute Gasteiger partial charge is 0.335 e. The van der Waals surface area contributed by atoms with Crippen LogP contribution >= 0.6 is 0 Å². The lowest BCUT2D eigenvalue weighted by atomic mass is 10.1. The fourth-order valence-electron chi connectivity index (χ4n) is 2.29. The number of nitrogens with one attached hydrogen (secondary N) is 3. The lowest BCUT2D eigenvalue weighted by molar-refractivity contribution is -0.134. The molecule has 94 valence electrons. The van der Waals surface area contributed by atoms with Crippen LogP contribution in [0.15, 0.2) is 0 Å². The maximum absolute atomic E-state index is 11.6. The summed E-state index contributed by atoms with van der Waals surface area (Å²) in [6.07, 6.45) is 4.95. The molecule has 1 saturated carbocycles. The molecule has 0 radical (unpaired) electrons. The molecule has 3 N–H and O–H groups in total. The molecule has 0 aromatic rings. The molecule has 6 nitrogen and oxygen atoms in total. The van der Waals surface area contributed by atoms with Crippen molar-refractivity contribution in [2.75, 3.05) is 0 Å². The molecule has 2 aliphatic rings. The number of rotatable bonds is 2. The molecule has 2 fully saturated rings. The summed E-state index contributed by atoms with van der Waals surface area (Å²) >= 11 is 0. The van der Waals surface area contributed by atoms with Gasteiger partial charge < -0.3 is 10.6 Å². The molecule has 6 heteroatoms. The predicted molar refractivity (Wildman–Crippen MR) is 60.1 cm³/mol. The fourth-order valence-corrected chi connectivity index (χ4v) is 2.29. The van der Waals surface area contributed by atoms with Crippen LogP contribution < -0.4 is 16.0 Å². The number of hydrogen-bond donors (Lipinski definition) is 3. The fraction of sp³-hybridized carbons (Fsp3) is 0.727. The van der Waals surface area contributed by atoms with E-state index in [9.17, 15) is 14.4 Å². The van der Waals surface area contributed by atoms with Crippen LogP contribution in [0.2, 0.25) is 0 Å². The van der Waals surface area contributed by atoms with Gasteiger partial charge in [-0.3, -0.25) is 14.9 Å². The van der Waals surface area contributed by atoms with E-state index in [0.717, 1.165) is 25.7 Å². The Balaban J connectivity index is 1.77. The summed E-state index contributed by atoms with van der Waals surface area (Å²) in [6, 6.07) is -0.677. The van der Waals surface area contributed by atoms with Crippen molar-refractivity contribution >= 4 is 17.8 Å². The number of amides is 4. The van der Waals surface area contributed by atoms with Crippen LogP contribution in [0.4, 0.5) is 4.79 Å². The summed E-state index contributed by atoms with van der Waals surface area (Å²) in [5, 5.41) is 7.65. The van der Waals surface area contributed by atoms with E-state index in [1.165, 1.54) is 0 Å². The zero-order chi connectivity index (χ0) is 12.3. The Morgan fingerprint density at radius 2 is 1.82 bits per heavy atom. The first-order chi connectivity index (χ1) is 8.15. The van der Waals surface area contributed by atoms with E-state index in [4.69, 9.17) is 0 Å². The second-order valence-corrected chi connectivity index (χ2v) is 4.60. The number of carbonyl (C=O) groups is 3. The average molecular weight is 239 g/mol. The average Bonchev–Trinajstić information content (AvgIpc) is 2.75. The molecule has 1 unspecified atom stereocenters. The van der Waals surface area contributed by atoms with Gasteiger partial charge in [0.2, 0.25) is 11.8 Å². The Morgan fingerprint density at radius 1 is 1.12 bits per heavy atom. The van der Waals surface area contributed by atoms with E-state index in [1.807, 2.05) is 0 Å². The normalized spacial score (nSPS) is 25.5. The van der Waals surface area contributed by atoms with Gasteiger partial charge in [-0.05, 0) is 19.3 Å². The SMILES string of the molecule is O=C1CCC(NC(=O)NC2CCCC2)C(=O)N1. The van der Waals surface area contributed by atoms with Crippen molar-refractivity contribution in [3.05, 3.63) is 0 Å². The Labute approximate surface area is 99.5 Å². The lowest BCUT2D eigenvalue weighted by Gasteiger charge is -2.23. The molecule has 1 saturated heterocycles. The Kier molecular flexibility index (Phi) is 3.61. The quantitative estimate of drug-likeness (QED) is 0.594. The van der Waals surface area contributed by atoms with Crippen LogP contribution in [-0.2, 0) is 9.59 Å². The van der Waals surface area contributed by atoms with Gasteiger partial charge in [0.05, 0.1) is 0 Å². The first-order valence-corrected chi connectivity index (χ1v) is 6.06. The summed E-state index contributed by atoms with van der Waals surface area (Å²) in [4.78, 5) is 33.9. The third kappa shape index (κ3) is 3.18. The van der Waals surface area contributed by atoms with Gasteiger partial charge in [0, 0.05) is 12.5 Å². The maximum Gasteiger partial charge on any atom is 0.315 e. The predicted octanol–water partition coefficient (Wildman–Crippen LogP) is 0.0334. The highest BCUT2D eigenvalue weighted by Gasteiger charge is 2.28. The summed E-state index contributed by atoms with van der Waals surface area (Å²) in [6.45, 7) is 0. The molecule has 0 aromatic carbocycles. The van der Waals surface area contributed by atoms with E-state index in [2.05, 4.69) is 16.0 Å². The number of imide groups is 1. The van der Waals surface area contributed by atoms with E-state index < -0.39 is 11.9 Å². The van der Waals surface area contributed by atoms with Crippen LogP contribution in [0.1, 0.15) is 38.5 Å². The lowest BCUT2D eigenvalue weighted by Crippen LogP contribution is -2.55. The van der Waals surface area contributed by atoms with Crippen molar-refractivity contribution in [1.29, 1.82) is 0 Å². The highest BCUT2D eigenvalue weighted by atomic mass is 16.2. The Bertz CT molecular complexity index is 337. The van der Waals surface area contributed by atoms with Gasteiger partial charge >= 0.3 is 6.03 Å². The molecule has 0 spiro atoms. The highest BCUT2D eigenvalue weighted by molar-refractivity contribution is 6.01. The van der Waals surface area contributed by atoms with Gasteiger partial charge in [0.15, 0.2) is 0 Å². The topological polar surface area (TPSA) is 87.3 Å². The van der Waals surface area contributed by atoms with Crippen LogP contribution in [0.5, 0.6) is 0 Å².